The molecule has 0 aliphatic rings. The van der Waals surface area contributed by atoms with Crippen molar-refractivity contribution in [1.82, 2.24) is 4.98 Å². The smallest absolute Gasteiger partial charge is 0.317 e. The van der Waals surface area contributed by atoms with Gasteiger partial charge in [-0.05, 0) is 18.2 Å². The van der Waals surface area contributed by atoms with Gasteiger partial charge >= 0.3 is 5.97 Å². The van der Waals surface area contributed by atoms with E-state index in [1.54, 1.807) is 0 Å². The first-order chi connectivity index (χ1) is 8.19. The largest absolute Gasteiger partial charge is 0.468 e. The summed E-state index contributed by atoms with van der Waals surface area (Å²) in [6.45, 7) is 0. The molecule has 0 aliphatic carbocycles. The molecule has 2 aromatic rings. The molecule has 0 radical (unpaired) electrons. The number of fused-ring (bicyclic) bond motifs is 1. The van der Waals surface area contributed by atoms with Crippen LogP contribution < -0.4 is 0 Å². The van der Waals surface area contributed by atoms with Crippen LogP contribution in [0.3, 0.4) is 0 Å². The maximum atomic E-state index is 10.9. The lowest BCUT2D eigenvalue weighted by atomic mass is 10.2. The van der Waals surface area contributed by atoms with E-state index in [1.165, 1.54) is 18.4 Å². The summed E-state index contributed by atoms with van der Waals surface area (Å²) in [7, 11) is 1.34. The van der Waals surface area contributed by atoms with Gasteiger partial charge in [-0.2, -0.15) is 0 Å². The molecule has 0 fully saturated rings. The average Bonchev–Trinajstić information content (AvgIpc) is 2.68. The predicted octanol–water partition coefficient (Wildman–Crippen LogP) is 2.86. The zero-order valence-corrected chi connectivity index (χ0v) is 10.6. The van der Waals surface area contributed by atoms with Gasteiger partial charge in [0.05, 0.1) is 17.3 Å². The summed E-state index contributed by atoms with van der Waals surface area (Å²) in [6, 6.07) is 5.62. The van der Waals surface area contributed by atoms with Crippen LogP contribution in [0.2, 0.25) is 4.47 Å². The van der Waals surface area contributed by atoms with Crippen LogP contribution in [0.15, 0.2) is 18.2 Å². The number of halogens is 1. The number of carbonyl (C=O) groups is 1. The van der Waals surface area contributed by atoms with Gasteiger partial charge in [0.25, 0.3) is 0 Å². The molecular weight excluding hydrogens is 258 g/mol. The van der Waals surface area contributed by atoms with Crippen molar-refractivity contribution in [1.29, 1.82) is 0 Å². The third kappa shape index (κ3) is 2.96. The van der Waals surface area contributed by atoms with Crippen molar-refractivity contribution < 1.29 is 9.53 Å². The van der Waals surface area contributed by atoms with E-state index in [-0.39, 0.29) is 12.4 Å². The average molecular weight is 266 g/mol. The minimum Gasteiger partial charge on any atom is -0.468 e. The molecule has 3 nitrogen and oxygen atoms in total. The number of nitrogens with zero attached hydrogens (tertiary/aromatic N) is 1. The van der Waals surface area contributed by atoms with Crippen LogP contribution in [0, 0.1) is 11.8 Å². The first-order valence-electron chi connectivity index (χ1n) is 4.81. The lowest BCUT2D eigenvalue weighted by Gasteiger charge is -1.91. The van der Waals surface area contributed by atoms with Gasteiger partial charge in [0, 0.05) is 5.56 Å². The molecule has 86 valence electrons. The van der Waals surface area contributed by atoms with Gasteiger partial charge in [-0.25, -0.2) is 4.98 Å². The van der Waals surface area contributed by atoms with E-state index in [9.17, 15) is 4.79 Å². The zero-order valence-electron chi connectivity index (χ0n) is 8.99. The number of carbonyl (C=O) groups excluding carboxylic acids is 1. The monoisotopic (exact) mass is 265 g/mol. The van der Waals surface area contributed by atoms with Gasteiger partial charge in [0.1, 0.15) is 6.42 Å². The summed E-state index contributed by atoms with van der Waals surface area (Å²) in [4.78, 5) is 15.0. The Balaban J connectivity index is 2.21. The second kappa shape index (κ2) is 5.17. The summed E-state index contributed by atoms with van der Waals surface area (Å²) in [5.41, 5.74) is 1.69. The number of hydrogen-bond donors (Lipinski definition) is 0. The lowest BCUT2D eigenvalue weighted by molar-refractivity contribution is -0.139. The van der Waals surface area contributed by atoms with Gasteiger partial charge in [0.2, 0.25) is 0 Å². The molecule has 0 unspecified atom stereocenters. The van der Waals surface area contributed by atoms with E-state index < -0.39 is 0 Å². The molecule has 0 saturated carbocycles. The second-order valence-corrected chi connectivity index (χ2v) is 4.82. The van der Waals surface area contributed by atoms with Crippen LogP contribution >= 0.6 is 22.9 Å². The van der Waals surface area contributed by atoms with E-state index in [0.717, 1.165) is 15.8 Å². The minimum absolute atomic E-state index is 0.0952. The fraction of sp³-hybridized carbons (Fsp3) is 0.167. The minimum atomic E-state index is -0.334. The van der Waals surface area contributed by atoms with Gasteiger partial charge in [-0.1, -0.05) is 23.4 Å². The zero-order chi connectivity index (χ0) is 12.3. The molecule has 2 rings (SSSR count). The predicted molar refractivity (Wildman–Crippen MR) is 68.1 cm³/mol. The molecule has 0 bridgehead atoms. The highest BCUT2D eigenvalue weighted by molar-refractivity contribution is 7.22. The van der Waals surface area contributed by atoms with E-state index in [1.807, 2.05) is 18.2 Å². The molecule has 17 heavy (non-hydrogen) atoms. The Morgan fingerprint density at radius 2 is 2.41 bits per heavy atom. The van der Waals surface area contributed by atoms with Crippen molar-refractivity contribution in [2.24, 2.45) is 0 Å². The first kappa shape index (κ1) is 11.9. The normalized spacial score (nSPS) is 9.76. The Hall–Kier alpha value is -1.57. The Bertz CT molecular complexity index is 624. The molecule has 0 aliphatic heterocycles. The SMILES string of the molecule is COC(=O)CC#Cc1ccc2nc(Cl)sc2c1. The first-order valence-corrected chi connectivity index (χ1v) is 6.00. The van der Waals surface area contributed by atoms with Crippen molar-refractivity contribution in [3.05, 3.63) is 28.2 Å². The molecule has 1 heterocycles. The fourth-order valence-electron chi connectivity index (χ4n) is 1.26. The highest BCUT2D eigenvalue weighted by Gasteiger charge is 2.01. The van der Waals surface area contributed by atoms with Crippen molar-refractivity contribution in [3.63, 3.8) is 0 Å². The molecule has 0 atom stereocenters. The maximum Gasteiger partial charge on any atom is 0.317 e. The topological polar surface area (TPSA) is 39.2 Å². The highest BCUT2D eigenvalue weighted by atomic mass is 35.5. The Morgan fingerprint density at radius 3 is 3.18 bits per heavy atom. The number of aromatic nitrogens is 1. The van der Waals surface area contributed by atoms with Crippen molar-refractivity contribution >= 4 is 39.1 Å². The Kier molecular flexibility index (Phi) is 3.62. The number of rotatable bonds is 1. The molecule has 0 amide bonds. The van der Waals surface area contributed by atoms with Crippen LogP contribution in [-0.2, 0) is 9.53 Å². The van der Waals surface area contributed by atoms with Crippen LogP contribution in [0.5, 0.6) is 0 Å². The lowest BCUT2D eigenvalue weighted by Crippen LogP contribution is -1.96. The highest BCUT2D eigenvalue weighted by Crippen LogP contribution is 2.26. The van der Waals surface area contributed by atoms with Crippen LogP contribution in [-0.4, -0.2) is 18.1 Å². The molecule has 0 spiro atoms. The summed E-state index contributed by atoms with van der Waals surface area (Å²) in [5.74, 6) is 5.31. The fourth-order valence-corrected chi connectivity index (χ4v) is 2.33. The van der Waals surface area contributed by atoms with Gasteiger partial charge in [-0.3, -0.25) is 4.79 Å². The number of benzene rings is 1. The van der Waals surface area contributed by atoms with Crippen LogP contribution in [0.4, 0.5) is 0 Å². The summed E-state index contributed by atoms with van der Waals surface area (Å²) >= 11 is 7.22. The van der Waals surface area contributed by atoms with Crippen molar-refractivity contribution in [2.45, 2.75) is 6.42 Å². The maximum absolute atomic E-state index is 10.9. The molecular formula is C12H8ClNO2S. The van der Waals surface area contributed by atoms with E-state index in [4.69, 9.17) is 11.6 Å². The number of ether oxygens (including phenoxy) is 1. The quantitative estimate of drug-likeness (QED) is 0.588. The number of esters is 1. The van der Waals surface area contributed by atoms with Gasteiger partial charge in [-0.15, -0.1) is 11.3 Å². The van der Waals surface area contributed by atoms with Gasteiger partial charge in [0.15, 0.2) is 4.47 Å². The number of thiazole rings is 1. The van der Waals surface area contributed by atoms with E-state index >= 15 is 0 Å². The summed E-state index contributed by atoms with van der Waals surface area (Å²) < 4.78 is 5.99. The Morgan fingerprint density at radius 1 is 1.59 bits per heavy atom. The number of hydrogen-bond acceptors (Lipinski definition) is 4. The molecule has 0 saturated heterocycles. The standard InChI is InChI=1S/C12H8ClNO2S/c1-16-11(15)4-2-3-8-5-6-9-10(7-8)17-12(13)14-9/h5-7H,4H2,1H3. The third-order valence-electron chi connectivity index (χ3n) is 2.06. The van der Waals surface area contributed by atoms with E-state index in [2.05, 4.69) is 21.6 Å². The molecule has 5 heteroatoms. The molecule has 1 aromatic heterocycles. The summed E-state index contributed by atoms with van der Waals surface area (Å²) in [5, 5.41) is 0. The molecule has 0 N–H and O–H groups in total. The summed E-state index contributed by atoms with van der Waals surface area (Å²) in [6.07, 6.45) is 0.0952. The third-order valence-corrected chi connectivity index (χ3v) is 3.18. The van der Waals surface area contributed by atoms with Crippen LogP contribution in [0.25, 0.3) is 10.2 Å². The van der Waals surface area contributed by atoms with Crippen molar-refractivity contribution in [2.75, 3.05) is 7.11 Å². The molecule has 1 aromatic carbocycles. The van der Waals surface area contributed by atoms with Gasteiger partial charge < -0.3 is 4.74 Å². The van der Waals surface area contributed by atoms with Crippen molar-refractivity contribution in [3.8, 4) is 11.8 Å². The Labute approximate surface area is 107 Å². The second-order valence-electron chi connectivity index (χ2n) is 3.20. The number of methoxy groups -OCH3 is 1. The van der Waals surface area contributed by atoms with Crippen LogP contribution in [0.1, 0.15) is 12.0 Å². The van der Waals surface area contributed by atoms with E-state index in [0.29, 0.717) is 4.47 Å².